The van der Waals surface area contributed by atoms with Crippen molar-refractivity contribution in [2.24, 2.45) is 0 Å². The number of nitrogens with zero attached hydrogens (tertiary/aromatic N) is 1. The van der Waals surface area contributed by atoms with Crippen LogP contribution in [0, 0.1) is 6.92 Å². The number of carbonyl (C=O) groups excluding carboxylic acids is 1. The number of benzene rings is 2. The number of hydrogen-bond donors (Lipinski definition) is 0. The van der Waals surface area contributed by atoms with Crippen LogP contribution in [0.1, 0.15) is 37.5 Å². The molecular weight excluding hydrogens is 518 g/mol. The van der Waals surface area contributed by atoms with Gasteiger partial charge in [-0.05, 0) is 49.1 Å². The molecule has 0 spiro atoms. The third kappa shape index (κ3) is 3.94. The summed E-state index contributed by atoms with van der Waals surface area (Å²) in [6.07, 6.45) is 2.74. The van der Waals surface area contributed by atoms with E-state index in [0.29, 0.717) is 24.7 Å². The van der Waals surface area contributed by atoms with Crippen molar-refractivity contribution in [1.82, 2.24) is 4.90 Å². The van der Waals surface area contributed by atoms with Crippen molar-refractivity contribution in [2.75, 3.05) is 20.1 Å². The maximum atomic E-state index is 13.3. The Morgan fingerprint density at radius 3 is 2.91 bits per heavy atom. The topological polar surface area (TPSA) is 57.2 Å². The van der Waals surface area contributed by atoms with Crippen LogP contribution in [0.5, 0.6) is 17.2 Å². The number of allylic oxidation sites excluding steroid dienone is 1. The molecule has 3 aromatic rings. The monoisotopic (exact) mass is 539 g/mol. The summed E-state index contributed by atoms with van der Waals surface area (Å²) in [5.74, 6) is 2.27. The van der Waals surface area contributed by atoms with Gasteiger partial charge in [0.25, 0.3) is 0 Å². The maximum Gasteiger partial charge on any atom is 0.231 e. The first-order chi connectivity index (χ1) is 16.6. The third-order valence-corrected chi connectivity index (χ3v) is 7.64. The van der Waals surface area contributed by atoms with Gasteiger partial charge in [-0.2, -0.15) is 0 Å². The standard InChI is InChI=1S/C26H22BrNO5S/c1-15-24-17(11-28(13-31-24)5-4-20-3-2-6-34-20)9-21-23(29)22(33-25(15)21)10-16-7-19(27)8-18-12-30-14-32-26(16)18/h2-3,6-10H,4-5,11-14H2,1H3/b22-10-. The van der Waals surface area contributed by atoms with E-state index in [2.05, 4.69) is 38.3 Å². The summed E-state index contributed by atoms with van der Waals surface area (Å²) in [6, 6.07) is 10.0. The van der Waals surface area contributed by atoms with Crippen molar-refractivity contribution in [2.45, 2.75) is 26.5 Å². The van der Waals surface area contributed by atoms with Gasteiger partial charge in [-0.1, -0.05) is 22.0 Å². The molecule has 0 atom stereocenters. The van der Waals surface area contributed by atoms with E-state index in [0.717, 1.165) is 57.7 Å². The van der Waals surface area contributed by atoms with Gasteiger partial charge < -0.3 is 18.9 Å². The Morgan fingerprint density at radius 2 is 2.06 bits per heavy atom. The third-order valence-electron chi connectivity index (χ3n) is 6.25. The summed E-state index contributed by atoms with van der Waals surface area (Å²) in [5.41, 5.74) is 4.18. The lowest BCUT2D eigenvalue weighted by atomic mass is 9.99. The molecule has 2 aromatic carbocycles. The Kier molecular flexibility index (Phi) is 5.69. The van der Waals surface area contributed by atoms with Gasteiger partial charge in [0.1, 0.15) is 24.0 Å². The van der Waals surface area contributed by atoms with Crippen LogP contribution in [0.4, 0.5) is 0 Å². The van der Waals surface area contributed by atoms with Crippen LogP contribution in [0.3, 0.4) is 0 Å². The fraction of sp³-hybridized carbons (Fsp3) is 0.269. The summed E-state index contributed by atoms with van der Waals surface area (Å²) < 4.78 is 24.2. The Bertz CT molecular complexity index is 1320. The Morgan fingerprint density at radius 1 is 1.15 bits per heavy atom. The number of ether oxygens (including phenoxy) is 4. The molecule has 6 rings (SSSR count). The van der Waals surface area contributed by atoms with Gasteiger partial charge in [-0.15, -0.1) is 11.3 Å². The van der Waals surface area contributed by atoms with E-state index in [1.165, 1.54) is 4.88 Å². The van der Waals surface area contributed by atoms with Crippen molar-refractivity contribution in [3.63, 3.8) is 0 Å². The zero-order valence-electron chi connectivity index (χ0n) is 18.6. The van der Waals surface area contributed by atoms with Crippen LogP contribution in [0.2, 0.25) is 0 Å². The molecule has 0 N–H and O–H groups in total. The van der Waals surface area contributed by atoms with Gasteiger partial charge in [0.2, 0.25) is 5.78 Å². The average Bonchev–Trinajstić information content (AvgIpc) is 3.47. The molecule has 0 unspecified atom stereocenters. The SMILES string of the molecule is Cc1c2c(cc3c1O/C(=C\c1cc(Br)cc4c1OCOC4)C3=O)CN(CCc1cccs1)CO2. The van der Waals surface area contributed by atoms with Crippen molar-refractivity contribution in [1.29, 1.82) is 0 Å². The van der Waals surface area contributed by atoms with Crippen molar-refractivity contribution in [3.05, 3.63) is 78.6 Å². The van der Waals surface area contributed by atoms with Gasteiger partial charge in [-0.25, -0.2) is 0 Å². The number of carbonyl (C=O) groups is 1. The van der Waals surface area contributed by atoms with Crippen molar-refractivity contribution >= 4 is 39.1 Å². The van der Waals surface area contributed by atoms with E-state index in [9.17, 15) is 4.79 Å². The second-order valence-corrected chi connectivity index (χ2v) is 10.5. The summed E-state index contributed by atoms with van der Waals surface area (Å²) in [6.45, 7) is 4.78. The van der Waals surface area contributed by atoms with Crippen LogP contribution in [-0.4, -0.2) is 30.8 Å². The second-order valence-electron chi connectivity index (χ2n) is 8.56. The van der Waals surface area contributed by atoms with Crippen LogP contribution >= 0.6 is 27.3 Å². The average molecular weight is 540 g/mol. The van der Waals surface area contributed by atoms with Gasteiger partial charge in [0.15, 0.2) is 12.6 Å². The molecule has 34 heavy (non-hydrogen) atoms. The molecular formula is C26H22BrNO5S. The van der Waals surface area contributed by atoms with Gasteiger partial charge >= 0.3 is 0 Å². The molecule has 0 aliphatic carbocycles. The summed E-state index contributed by atoms with van der Waals surface area (Å²) in [4.78, 5) is 17.0. The van der Waals surface area contributed by atoms with Crippen LogP contribution in [-0.2, 0) is 24.3 Å². The van der Waals surface area contributed by atoms with Crippen LogP contribution in [0.25, 0.3) is 6.08 Å². The Balaban J connectivity index is 1.28. The van der Waals surface area contributed by atoms with Crippen molar-refractivity contribution in [3.8, 4) is 17.2 Å². The molecule has 3 aliphatic rings. The van der Waals surface area contributed by atoms with Crippen LogP contribution < -0.4 is 14.2 Å². The number of fused-ring (bicyclic) bond motifs is 3. The highest BCUT2D eigenvalue weighted by molar-refractivity contribution is 9.10. The number of ketones is 1. The van der Waals surface area contributed by atoms with Gasteiger partial charge in [0.05, 0.1) is 12.2 Å². The number of hydrogen-bond acceptors (Lipinski definition) is 7. The fourth-order valence-corrected chi connectivity index (χ4v) is 5.84. The largest absolute Gasteiger partial charge is 0.477 e. The van der Waals surface area contributed by atoms with Gasteiger partial charge in [0, 0.05) is 44.7 Å². The number of thiophene rings is 1. The van der Waals surface area contributed by atoms with Crippen LogP contribution in [0.15, 0.2) is 45.9 Å². The number of Topliss-reactive ketones (excluding diaryl/α,β-unsaturated/α-hetero) is 1. The summed E-state index contributed by atoms with van der Waals surface area (Å²) in [7, 11) is 0. The van der Waals surface area contributed by atoms with Gasteiger partial charge in [-0.3, -0.25) is 9.69 Å². The smallest absolute Gasteiger partial charge is 0.231 e. The van der Waals surface area contributed by atoms with Crippen molar-refractivity contribution < 1.29 is 23.7 Å². The normalized spacial score (nSPS) is 18.1. The minimum absolute atomic E-state index is 0.127. The lowest BCUT2D eigenvalue weighted by Gasteiger charge is -2.30. The maximum absolute atomic E-state index is 13.3. The molecule has 0 amide bonds. The van der Waals surface area contributed by atoms with E-state index < -0.39 is 0 Å². The predicted octanol–water partition coefficient (Wildman–Crippen LogP) is 5.70. The number of halogens is 1. The Hall–Kier alpha value is -2.65. The first kappa shape index (κ1) is 21.9. The molecule has 4 heterocycles. The van der Waals surface area contributed by atoms with E-state index in [-0.39, 0.29) is 18.3 Å². The molecule has 174 valence electrons. The lowest BCUT2D eigenvalue weighted by molar-refractivity contribution is -0.0165. The zero-order chi connectivity index (χ0) is 23.2. The first-order valence-corrected chi connectivity index (χ1v) is 12.8. The highest BCUT2D eigenvalue weighted by Crippen LogP contribution is 2.44. The van der Waals surface area contributed by atoms with E-state index in [4.69, 9.17) is 18.9 Å². The molecule has 0 bridgehead atoms. The molecule has 0 saturated heterocycles. The molecule has 0 saturated carbocycles. The Labute approximate surface area is 209 Å². The fourth-order valence-electron chi connectivity index (χ4n) is 4.62. The first-order valence-electron chi connectivity index (χ1n) is 11.1. The van der Waals surface area contributed by atoms with E-state index in [1.54, 1.807) is 17.4 Å². The highest BCUT2D eigenvalue weighted by Gasteiger charge is 2.34. The molecule has 8 heteroatoms. The predicted molar refractivity (Wildman–Crippen MR) is 132 cm³/mol. The van der Waals surface area contributed by atoms with E-state index >= 15 is 0 Å². The van der Waals surface area contributed by atoms with E-state index in [1.807, 2.05) is 25.1 Å². The second kappa shape index (κ2) is 8.85. The quantitative estimate of drug-likeness (QED) is 0.396. The molecule has 0 fully saturated rings. The lowest BCUT2D eigenvalue weighted by Crippen LogP contribution is -2.34. The zero-order valence-corrected chi connectivity index (χ0v) is 21.0. The summed E-state index contributed by atoms with van der Waals surface area (Å²) in [5, 5.41) is 2.10. The minimum Gasteiger partial charge on any atom is -0.477 e. The highest BCUT2D eigenvalue weighted by atomic mass is 79.9. The molecule has 3 aliphatic heterocycles. The number of rotatable bonds is 4. The summed E-state index contributed by atoms with van der Waals surface area (Å²) >= 11 is 5.31. The minimum atomic E-state index is -0.127. The molecule has 0 radical (unpaired) electrons. The molecule has 1 aromatic heterocycles. The molecule has 6 nitrogen and oxygen atoms in total.